The highest BCUT2D eigenvalue weighted by molar-refractivity contribution is 6.93. The molecule has 24 heavy (non-hydrogen) atoms. The molecule has 0 aliphatic carbocycles. The lowest BCUT2D eigenvalue weighted by molar-refractivity contribution is -0.177. The molecule has 0 heterocycles. The number of benzene rings is 2. The van der Waals surface area contributed by atoms with Gasteiger partial charge in [0, 0.05) is 0 Å². The van der Waals surface area contributed by atoms with Crippen molar-refractivity contribution in [3.63, 3.8) is 0 Å². The molecule has 0 aliphatic rings. The molecule has 0 spiro atoms. The molecule has 0 aliphatic heterocycles. The molecule has 2 nitrogen and oxygen atoms in total. The summed E-state index contributed by atoms with van der Waals surface area (Å²) in [7, 11) is -0.244. The van der Waals surface area contributed by atoms with Gasteiger partial charge < -0.3 is 4.89 Å². The van der Waals surface area contributed by atoms with Crippen LogP contribution in [0.1, 0.15) is 31.9 Å². The molecule has 0 saturated carbocycles. The summed E-state index contributed by atoms with van der Waals surface area (Å²) in [5.74, 6) is 0.833. The van der Waals surface area contributed by atoms with E-state index in [0.29, 0.717) is 0 Å². The number of rotatable bonds is 5. The first-order chi connectivity index (χ1) is 11.3. The van der Waals surface area contributed by atoms with Crippen LogP contribution in [0.5, 0.6) is 5.75 Å². The van der Waals surface area contributed by atoms with E-state index in [-0.39, 0.29) is 5.04 Å². The molecule has 128 valence electrons. The standard InChI is InChI=1S/C21H28O2Si/c1-21(2,3)24(5,6)20-18(13-10-14-19(20)23-22-4)16-15-17-11-8-7-9-12-17/h7-16H,1-6H3/b16-15-. The van der Waals surface area contributed by atoms with Crippen molar-refractivity contribution in [2.24, 2.45) is 0 Å². The minimum absolute atomic E-state index is 0.204. The Kier molecular flexibility index (Phi) is 5.68. The normalized spacial score (nSPS) is 12.6. The van der Waals surface area contributed by atoms with E-state index in [1.54, 1.807) is 7.11 Å². The lowest BCUT2D eigenvalue weighted by Crippen LogP contribution is -2.51. The van der Waals surface area contributed by atoms with E-state index in [4.69, 9.17) is 9.78 Å². The van der Waals surface area contributed by atoms with Crippen LogP contribution >= 0.6 is 0 Å². The van der Waals surface area contributed by atoms with Crippen LogP contribution in [0.25, 0.3) is 12.2 Å². The number of hydrogen-bond donors (Lipinski definition) is 0. The van der Waals surface area contributed by atoms with Crippen LogP contribution in [0, 0.1) is 0 Å². The Hall–Kier alpha value is -1.84. The van der Waals surface area contributed by atoms with Crippen LogP contribution in [-0.2, 0) is 4.89 Å². The van der Waals surface area contributed by atoms with Crippen molar-refractivity contribution in [3.8, 4) is 5.75 Å². The predicted octanol–water partition coefficient (Wildman–Crippen LogP) is 5.51. The van der Waals surface area contributed by atoms with Gasteiger partial charge in [-0.3, -0.25) is 0 Å². The quantitative estimate of drug-likeness (QED) is 0.309. The fourth-order valence-corrected chi connectivity index (χ4v) is 5.02. The molecule has 2 aromatic rings. The molecule has 0 fully saturated rings. The van der Waals surface area contributed by atoms with Gasteiger partial charge in [0.15, 0.2) is 5.75 Å². The Labute approximate surface area is 147 Å². The summed E-state index contributed by atoms with van der Waals surface area (Å²) >= 11 is 0. The maximum atomic E-state index is 5.51. The Bertz CT molecular complexity index is 698. The van der Waals surface area contributed by atoms with Crippen LogP contribution < -0.4 is 10.1 Å². The maximum absolute atomic E-state index is 5.51. The molecule has 0 N–H and O–H groups in total. The molecule has 2 aromatic carbocycles. The molecule has 0 saturated heterocycles. The van der Waals surface area contributed by atoms with Crippen LogP contribution in [0.2, 0.25) is 18.1 Å². The summed E-state index contributed by atoms with van der Waals surface area (Å²) in [6, 6.07) is 16.5. The van der Waals surface area contributed by atoms with E-state index in [9.17, 15) is 0 Å². The van der Waals surface area contributed by atoms with E-state index in [2.05, 4.69) is 76.3 Å². The van der Waals surface area contributed by atoms with Gasteiger partial charge in [-0.1, -0.05) is 88.5 Å². The van der Waals surface area contributed by atoms with Crippen molar-refractivity contribution in [1.29, 1.82) is 0 Å². The van der Waals surface area contributed by atoms with Crippen molar-refractivity contribution >= 4 is 25.4 Å². The second kappa shape index (κ2) is 7.37. The Morgan fingerprint density at radius 3 is 2.12 bits per heavy atom. The van der Waals surface area contributed by atoms with Gasteiger partial charge >= 0.3 is 0 Å². The first kappa shape index (κ1) is 18.5. The third-order valence-electron chi connectivity index (χ3n) is 4.99. The summed E-state index contributed by atoms with van der Waals surface area (Å²) in [6.45, 7) is 11.7. The van der Waals surface area contributed by atoms with Crippen molar-refractivity contribution < 1.29 is 9.78 Å². The van der Waals surface area contributed by atoms with Gasteiger partial charge in [0.2, 0.25) is 0 Å². The Morgan fingerprint density at radius 1 is 0.875 bits per heavy atom. The molecule has 0 radical (unpaired) electrons. The average Bonchev–Trinajstić information content (AvgIpc) is 2.53. The second-order valence-corrected chi connectivity index (χ2v) is 12.8. The second-order valence-electron chi connectivity index (χ2n) is 7.59. The fraction of sp³-hybridized carbons (Fsp3) is 0.333. The molecular formula is C21H28O2Si. The minimum Gasteiger partial charge on any atom is -0.338 e. The first-order valence-electron chi connectivity index (χ1n) is 8.34. The molecule has 2 rings (SSSR count). The summed E-state index contributed by atoms with van der Waals surface area (Å²) in [4.78, 5) is 10.5. The highest BCUT2D eigenvalue weighted by Crippen LogP contribution is 2.38. The van der Waals surface area contributed by atoms with Crippen LogP contribution in [0.4, 0.5) is 0 Å². The summed E-state index contributed by atoms with van der Waals surface area (Å²) < 4.78 is 0. The van der Waals surface area contributed by atoms with Gasteiger partial charge in [-0.15, -0.1) is 0 Å². The molecule has 3 heteroatoms. The van der Waals surface area contributed by atoms with Crippen molar-refractivity contribution in [1.82, 2.24) is 0 Å². The third kappa shape index (κ3) is 3.97. The maximum Gasteiger partial charge on any atom is 0.165 e. The average molecular weight is 341 g/mol. The molecular weight excluding hydrogens is 312 g/mol. The van der Waals surface area contributed by atoms with Crippen LogP contribution in [0.3, 0.4) is 0 Å². The van der Waals surface area contributed by atoms with Crippen LogP contribution in [0.15, 0.2) is 48.5 Å². The van der Waals surface area contributed by atoms with E-state index < -0.39 is 8.07 Å². The molecule has 0 aromatic heterocycles. The van der Waals surface area contributed by atoms with E-state index in [1.807, 2.05) is 18.2 Å². The van der Waals surface area contributed by atoms with Gasteiger partial charge in [0.1, 0.15) is 0 Å². The van der Waals surface area contributed by atoms with Gasteiger partial charge in [-0.05, 0) is 27.4 Å². The zero-order valence-corrected chi connectivity index (χ0v) is 16.6. The highest BCUT2D eigenvalue weighted by atomic mass is 28.3. The first-order valence-corrected chi connectivity index (χ1v) is 11.3. The molecule has 0 atom stereocenters. The molecule has 0 unspecified atom stereocenters. The van der Waals surface area contributed by atoms with Crippen LogP contribution in [-0.4, -0.2) is 15.2 Å². The predicted molar refractivity (Wildman–Crippen MR) is 106 cm³/mol. The summed E-state index contributed by atoms with van der Waals surface area (Å²) in [5.41, 5.74) is 2.40. The lowest BCUT2D eigenvalue weighted by atomic mass is 10.1. The highest BCUT2D eigenvalue weighted by Gasteiger charge is 2.40. The van der Waals surface area contributed by atoms with E-state index in [1.165, 1.54) is 16.3 Å². The third-order valence-corrected chi connectivity index (χ3v) is 10.5. The molecule has 0 bridgehead atoms. The zero-order chi connectivity index (χ0) is 17.8. The Balaban J connectivity index is 2.56. The van der Waals surface area contributed by atoms with Crippen molar-refractivity contribution in [2.45, 2.75) is 38.9 Å². The summed E-state index contributed by atoms with van der Waals surface area (Å²) in [6.07, 6.45) is 4.34. The van der Waals surface area contributed by atoms with Gasteiger partial charge in [0.25, 0.3) is 0 Å². The van der Waals surface area contributed by atoms with Gasteiger partial charge in [-0.2, -0.15) is 4.89 Å². The van der Waals surface area contributed by atoms with Crippen molar-refractivity contribution in [3.05, 3.63) is 59.7 Å². The SMILES string of the molecule is COOc1cccc(/C=C\c2ccccc2)c1[Si](C)(C)C(C)(C)C. The topological polar surface area (TPSA) is 18.5 Å². The van der Waals surface area contributed by atoms with Gasteiger partial charge in [-0.25, -0.2) is 0 Å². The van der Waals surface area contributed by atoms with E-state index >= 15 is 0 Å². The number of hydrogen-bond acceptors (Lipinski definition) is 2. The minimum atomic E-state index is -1.80. The monoisotopic (exact) mass is 340 g/mol. The Morgan fingerprint density at radius 2 is 1.54 bits per heavy atom. The van der Waals surface area contributed by atoms with Crippen molar-refractivity contribution in [2.75, 3.05) is 7.11 Å². The summed E-state index contributed by atoms with van der Waals surface area (Å²) in [5, 5.41) is 1.50. The lowest BCUT2D eigenvalue weighted by Gasteiger charge is -2.38. The largest absolute Gasteiger partial charge is 0.338 e. The molecule has 0 amide bonds. The van der Waals surface area contributed by atoms with E-state index in [0.717, 1.165) is 5.75 Å². The van der Waals surface area contributed by atoms with Gasteiger partial charge in [0.05, 0.1) is 15.2 Å². The smallest absolute Gasteiger partial charge is 0.165 e. The zero-order valence-electron chi connectivity index (χ0n) is 15.6. The fourth-order valence-electron chi connectivity index (χ4n) is 2.64.